The molecule has 2 heterocycles. The van der Waals surface area contributed by atoms with Crippen molar-refractivity contribution in [2.45, 2.75) is 140 Å². The zero-order valence-electron chi connectivity index (χ0n) is 39.8. The first-order valence-electron chi connectivity index (χ1n) is 22.6. The van der Waals surface area contributed by atoms with E-state index in [1.54, 1.807) is 0 Å². The summed E-state index contributed by atoms with van der Waals surface area (Å²) >= 11 is 0. The second-order valence-electron chi connectivity index (χ2n) is 17.1. The van der Waals surface area contributed by atoms with Gasteiger partial charge in [-0.3, -0.25) is 0 Å². The number of hydrogen-bond acceptors (Lipinski definition) is 2. The monoisotopic (exact) mass is 797 g/mol. The molecular formula is C57H69BO2. The Hall–Kier alpha value is -5.02. The molecule has 0 saturated heterocycles. The van der Waals surface area contributed by atoms with Gasteiger partial charge in [0.05, 0.1) is 5.50 Å². The van der Waals surface area contributed by atoms with Crippen LogP contribution in [0.2, 0.25) is 0 Å². The molecular weight excluding hydrogens is 727 g/mol. The maximum Gasteiger partial charge on any atom is 0.137 e. The molecule has 6 aromatic carbocycles. The topological polar surface area (TPSA) is 18.5 Å². The van der Waals surface area contributed by atoms with Crippen LogP contribution in [0.3, 0.4) is 0 Å². The average molecular weight is 797 g/mol. The molecule has 2 radical (unpaired) electrons. The molecule has 3 heteroatoms. The first kappa shape index (κ1) is 46.1. The fraction of sp³-hybridized carbons (Fsp3) is 0.368. The highest BCUT2D eigenvalue weighted by Gasteiger charge is 2.43. The number of fused-ring (bicyclic) bond motifs is 16. The van der Waals surface area contributed by atoms with Crippen LogP contribution in [0.5, 0.6) is 11.5 Å². The Labute approximate surface area is 364 Å². The largest absolute Gasteiger partial charge is 0.492 e. The van der Waals surface area contributed by atoms with Crippen LogP contribution < -0.4 is 9.47 Å². The Balaban J connectivity index is 0.000000196. The van der Waals surface area contributed by atoms with Gasteiger partial charge in [-0.25, -0.2) is 0 Å². The van der Waals surface area contributed by atoms with E-state index in [1.165, 1.54) is 82.9 Å². The van der Waals surface area contributed by atoms with Crippen LogP contribution in [0, 0.1) is 13.8 Å². The minimum atomic E-state index is -0.782. The molecule has 0 bridgehead atoms. The van der Waals surface area contributed by atoms with Gasteiger partial charge in [0.25, 0.3) is 0 Å². The molecule has 0 fully saturated rings. The molecule has 4 aliphatic rings. The molecule has 60 heavy (non-hydrogen) atoms. The van der Waals surface area contributed by atoms with Gasteiger partial charge in [0, 0.05) is 32.9 Å². The Morgan fingerprint density at radius 3 is 1.42 bits per heavy atom. The molecule has 2 nitrogen and oxygen atoms in total. The molecule has 1 unspecified atom stereocenters. The lowest BCUT2D eigenvalue weighted by atomic mass is 9.76. The van der Waals surface area contributed by atoms with Crippen molar-refractivity contribution in [1.29, 1.82) is 0 Å². The molecule has 0 saturated carbocycles. The molecule has 2 aliphatic heterocycles. The summed E-state index contributed by atoms with van der Waals surface area (Å²) in [5, 5.41) is 4.97. The minimum Gasteiger partial charge on any atom is -0.492 e. The summed E-state index contributed by atoms with van der Waals surface area (Å²) in [7, 11) is 6.29. The van der Waals surface area contributed by atoms with E-state index in [9.17, 15) is 0 Å². The van der Waals surface area contributed by atoms with Crippen molar-refractivity contribution >= 4 is 41.5 Å². The van der Waals surface area contributed by atoms with Crippen LogP contribution in [0.1, 0.15) is 148 Å². The summed E-state index contributed by atoms with van der Waals surface area (Å²) in [5.74, 6) is 1.97. The van der Waals surface area contributed by atoms with Gasteiger partial charge in [0.2, 0.25) is 0 Å². The number of hydrogen-bond donors (Lipinski definition) is 0. The molecule has 0 N–H and O–H groups in total. The van der Waals surface area contributed by atoms with Crippen LogP contribution >= 0.6 is 0 Å². The van der Waals surface area contributed by atoms with Crippen molar-refractivity contribution in [3.05, 3.63) is 142 Å². The van der Waals surface area contributed by atoms with Crippen molar-refractivity contribution in [3.63, 3.8) is 0 Å². The molecule has 0 amide bonds. The van der Waals surface area contributed by atoms with Crippen molar-refractivity contribution in [2.24, 2.45) is 0 Å². The Morgan fingerprint density at radius 2 is 0.883 bits per heavy atom. The lowest BCUT2D eigenvalue weighted by molar-refractivity contribution is 0.156. The Kier molecular flexibility index (Phi) is 13.5. The van der Waals surface area contributed by atoms with Crippen LogP contribution in [-0.2, 0) is 10.8 Å². The molecule has 6 aromatic rings. The zero-order chi connectivity index (χ0) is 44.5. The maximum absolute atomic E-state index is 6.58. The Morgan fingerprint density at radius 1 is 0.450 bits per heavy atom. The third kappa shape index (κ3) is 7.63. The number of benzene rings is 6. The van der Waals surface area contributed by atoms with E-state index in [0.717, 1.165) is 16.9 Å². The Bertz CT molecular complexity index is 2590. The standard InChI is InChI=1S/C25H24O.C24H21BO.4C2H6/c1-15-10-11-19-20(14-15)25(4,5)22-21(19)17-9-7-6-8-16(17)18-12-13-24(2,3)26-23(18)22;1-14-9-10-17-19(13-14)23(2,3)21-18-11-12-24(4,25)26-22(18)16-8-6-5-7-15(16)20(17)21;4*1-2/h6-14H,1-5H3;5-13H,1-4H3;4*1-2H3. The van der Waals surface area contributed by atoms with Gasteiger partial charge in [-0.15, -0.1) is 0 Å². The van der Waals surface area contributed by atoms with Gasteiger partial charge in [-0.2, -0.15) is 0 Å². The van der Waals surface area contributed by atoms with Crippen molar-refractivity contribution in [2.75, 3.05) is 0 Å². The molecule has 1 atom stereocenters. The normalized spacial score (nSPS) is 17.8. The summed E-state index contributed by atoms with van der Waals surface area (Å²) in [5.41, 5.74) is 14.6. The van der Waals surface area contributed by atoms with Gasteiger partial charge in [-0.1, -0.05) is 197 Å². The minimum absolute atomic E-state index is 0.0773. The van der Waals surface area contributed by atoms with E-state index in [-0.39, 0.29) is 16.4 Å². The van der Waals surface area contributed by atoms with Crippen molar-refractivity contribution in [1.82, 2.24) is 0 Å². The summed E-state index contributed by atoms with van der Waals surface area (Å²) in [6.45, 7) is 35.8. The van der Waals surface area contributed by atoms with E-state index in [4.69, 9.17) is 17.3 Å². The summed E-state index contributed by atoms with van der Waals surface area (Å²) in [6, 6.07) is 30.9. The highest BCUT2D eigenvalue weighted by Crippen LogP contribution is 2.59. The average Bonchev–Trinajstić information content (AvgIpc) is 3.63. The lowest BCUT2D eigenvalue weighted by Crippen LogP contribution is -2.33. The third-order valence-corrected chi connectivity index (χ3v) is 11.8. The molecule has 312 valence electrons. The first-order chi connectivity index (χ1) is 28.6. The van der Waals surface area contributed by atoms with E-state index in [0.29, 0.717) is 0 Å². The number of aryl methyl sites for hydroxylation is 2. The fourth-order valence-corrected chi connectivity index (χ4v) is 9.35. The highest BCUT2D eigenvalue weighted by atomic mass is 16.5. The summed E-state index contributed by atoms with van der Waals surface area (Å²) in [4.78, 5) is 0. The summed E-state index contributed by atoms with van der Waals surface area (Å²) in [6.07, 6.45) is 8.55. The predicted octanol–water partition coefficient (Wildman–Crippen LogP) is 16.5. The second-order valence-corrected chi connectivity index (χ2v) is 17.1. The van der Waals surface area contributed by atoms with Gasteiger partial charge in [0.1, 0.15) is 24.9 Å². The smallest absolute Gasteiger partial charge is 0.137 e. The van der Waals surface area contributed by atoms with E-state index >= 15 is 0 Å². The maximum atomic E-state index is 6.58. The third-order valence-electron chi connectivity index (χ3n) is 11.8. The zero-order valence-corrected chi connectivity index (χ0v) is 39.8. The van der Waals surface area contributed by atoms with Crippen LogP contribution in [0.15, 0.2) is 97.1 Å². The fourth-order valence-electron chi connectivity index (χ4n) is 9.35. The van der Waals surface area contributed by atoms with Gasteiger partial charge >= 0.3 is 0 Å². The first-order valence-corrected chi connectivity index (χ1v) is 22.6. The predicted molar refractivity (Wildman–Crippen MR) is 265 cm³/mol. The molecule has 0 aromatic heterocycles. The van der Waals surface area contributed by atoms with Gasteiger partial charge in [-0.05, 0) is 95.8 Å². The van der Waals surface area contributed by atoms with Gasteiger partial charge < -0.3 is 9.47 Å². The van der Waals surface area contributed by atoms with Crippen molar-refractivity contribution in [3.8, 4) is 33.8 Å². The second kappa shape index (κ2) is 17.5. The summed E-state index contributed by atoms with van der Waals surface area (Å²) < 4.78 is 12.8. The number of ether oxygens (including phenoxy) is 2. The van der Waals surface area contributed by atoms with Crippen LogP contribution in [-0.4, -0.2) is 18.9 Å². The van der Waals surface area contributed by atoms with E-state index in [1.807, 2.05) is 68.4 Å². The van der Waals surface area contributed by atoms with Crippen LogP contribution in [0.4, 0.5) is 0 Å². The molecule has 10 rings (SSSR count). The lowest BCUT2D eigenvalue weighted by Gasteiger charge is -2.34. The van der Waals surface area contributed by atoms with E-state index < -0.39 is 5.50 Å². The highest BCUT2D eigenvalue weighted by molar-refractivity contribution is 6.17. The molecule has 2 aliphatic carbocycles. The van der Waals surface area contributed by atoms with Crippen molar-refractivity contribution < 1.29 is 9.47 Å². The number of rotatable bonds is 0. The van der Waals surface area contributed by atoms with E-state index in [2.05, 4.69) is 159 Å². The van der Waals surface area contributed by atoms with Gasteiger partial charge in [0.15, 0.2) is 0 Å². The molecule has 0 spiro atoms. The van der Waals surface area contributed by atoms with Crippen LogP contribution in [0.25, 0.3) is 56.0 Å². The SMILES string of the molecule is CC.CC.CC.CC.Cc1ccc2c(c1)C(C)(C)c1c3c(c4ccccc4c1-2)C=CC(C)(C)O3.[B]C1(C)C=Cc2c3c(c4ccccc4c2O1)-c1ccc(C)cc1C3(C)C. The quantitative estimate of drug-likeness (QED) is 0.143.